The average Bonchev–Trinajstić information content (AvgIpc) is 2.56. The Morgan fingerprint density at radius 3 is 3.00 bits per heavy atom. The molecule has 14 heavy (non-hydrogen) atoms. The summed E-state index contributed by atoms with van der Waals surface area (Å²) >= 11 is 1.57. The number of carbonyl (C=O) groups is 1. The van der Waals surface area contributed by atoms with Gasteiger partial charge in [0.2, 0.25) is 5.91 Å². The summed E-state index contributed by atoms with van der Waals surface area (Å²) in [6, 6.07) is 3.87. The lowest BCUT2D eigenvalue weighted by atomic mass is 10.2. The summed E-state index contributed by atoms with van der Waals surface area (Å²) in [5.41, 5.74) is 2.42. The Hall–Kier alpha value is -0.870. The van der Waals surface area contributed by atoms with E-state index in [0.29, 0.717) is 18.9 Å². The maximum absolute atomic E-state index is 11.3. The van der Waals surface area contributed by atoms with E-state index in [-0.39, 0.29) is 5.91 Å². The first-order valence-electron chi connectivity index (χ1n) is 4.61. The molecule has 0 aliphatic rings. The lowest BCUT2D eigenvalue weighted by Gasteiger charge is -2.06. The minimum atomic E-state index is -0.0897. The van der Waals surface area contributed by atoms with Crippen LogP contribution in [-0.2, 0) is 16.1 Å². The molecular formula is C10H15NO2S. The van der Waals surface area contributed by atoms with E-state index in [1.54, 1.807) is 11.3 Å². The van der Waals surface area contributed by atoms with Crippen molar-refractivity contribution in [2.45, 2.75) is 20.3 Å². The molecule has 78 valence electrons. The molecule has 4 heteroatoms. The van der Waals surface area contributed by atoms with Crippen molar-refractivity contribution in [2.75, 3.05) is 6.61 Å². The zero-order chi connectivity index (χ0) is 10.4. The number of thiophene rings is 1. The zero-order valence-corrected chi connectivity index (χ0v) is 9.26. The van der Waals surface area contributed by atoms with Crippen molar-refractivity contribution in [2.24, 2.45) is 5.92 Å². The third-order valence-electron chi connectivity index (χ3n) is 1.52. The molecule has 1 rings (SSSR count). The summed E-state index contributed by atoms with van der Waals surface area (Å²) < 4.78 is 0. The molecule has 0 spiro atoms. The number of hydrogen-bond donors (Lipinski definition) is 1. The second kappa shape index (κ2) is 5.78. The first-order chi connectivity index (χ1) is 6.68. The van der Waals surface area contributed by atoms with Gasteiger partial charge < -0.3 is 0 Å². The summed E-state index contributed by atoms with van der Waals surface area (Å²) in [6.45, 7) is 4.62. The fourth-order valence-corrected chi connectivity index (χ4v) is 1.60. The predicted octanol–water partition coefficient (Wildman–Crippen LogP) is 1.99. The summed E-state index contributed by atoms with van der Waals surface area (Å²) in [6.07, 6.45) is 0.399. The van der Waals surface area contributed by atoms with Crippen LogP contribution in [0.1, 0.15) is 18.7 Å². The van der Waals surface area contributed by atoms with Gasteiger partial charge in [-0.25, -0.2) is 5.48 Å². The Bertz CT molecular complexity index is 270. The lowest BCUT2D eigenvalue weighted by molar-refractivity contribution is -0.133. The summed E-state index contributed by atoms with van der Waals surface area (Å²) in [7, 11) is 0. The number of carbonyl (C=O) groups excluding carboxylic acids is 1. The van der Waals surface area contributed by atoms with Gasteiger partial charge in [-0.05, 0) is 17.4 Å². The number of amides is 1. The van der Waals surface area contributed by atoms with Crippen molar-refractivity contribution in [3.63, 3.8) is 0 Å². The standard InChI is InChI=1S/C10H15NO2S/c1-8(2)7-13-11-10(12)6-9-4-3-5-14-9/h3-5,8H,6-7H2,1-2H3,(H,11,12). The van der Waals surface area contributed by atoms with E-state index < -0.39 is 0 Å². The highest BCUT2D eigenvalue weighted by Crippen LogP contribution is 2.08. The van der Waals surface area contributed by atoms with Crippen LogP contribution >= 0.6 is 11.3 Å². The molecule has 1 aromatic rings. The molecule has 1 N–H and O–H groups in total. The summed E-state index contributed by atoms with van der Waals surface area (Å²) in [4.78, 5) is 17.3. The highest BCUT2D eigenvalue weighted by Gasteiger charge is 2.04. The molecule has 1 amide bonds. The zero-order valence-electron chi connectivity index (χ0n) is 8.45. The van der Waals surface area contributed by atoms with Crippen LogP contribution in [0.25, 0.3) is 0 Å². The summed E-state index contributed by atoms with van der Waals surface area (Å²) in [5, 5.41) is 1.96. The normalized spacial score (nSPS) is 10.5. The molecule has 0 aliphatic heterocycles. The number of nitrogens with one attached hydrogen (secondary N) is 1. The van der Waals surface area contributed by atoms with Crippen LogP contribution in [0.2, 0.25) is 0 Å². The highest BCUT2D eigenvalue weighted by molar-refractivity contribution is 7.10. The third-order valence-corrected chi connectivity index (χ3v) is 2.39. The van der Waals surface area contributed by atoms with Crippen LogP contribution < -0.4 is 5.48 Å². The molecule has 0 unspecified atom stereocenters. The predicted molar refractivity (Wildman–Crippen MR) is 57.0 cm³/mol. The molecule has 3 nitrogen and oxygen atoms in total. The van der Waals surface area contributed by atoms with Gasteiger partial charge in [0, 0.05) is 4.88 Å². The lowest BCUT2D eigenvalue weighted by Crippen LogP contribution is -2.26. The van der Waals surface area contributed by atoms with Gasteiger partial charge in [-0.2, -0.15) is 0 Å². The first kappa shape index (κ1) is 11.2. The Labute approximate surface area is 88.0 Å². The van der Waals surface area contributed by atoms with Crippen LogP contribution in [0, 0.1) is 5.92 Å². The van der Waals surface area contributed by atoms with E-state index >= 15 is 0 Å². The minimum absolute atomic E-state index is 0.0897. The van der Waals surface area contributed by atoms with Crippen molar-refractivity contribution >= 4 is 17.2 Å². The second-order valence-electron chi connectivity index (χ2n) is 3.49. The van der Waals surface area contributed by atoms with E-state index in [2.05, 4.69) is 5.48 Å². The second-order valence-corrected chi connectivity index (χ2v) is 4.52. The van der Waals surface area contributed by atoms with Crippen LogP contribution in [0.5, 0.6) is 0 Å². The molecule has 0 radical (unpaired) electrons. The van der Waals surface area contributed by atoms with Gasteiger partial charge >= 0.3 is 0 Å². The molecule has 0 bridgehead atoms. The van der Waals surface area contributed by atoms with Crippen molar-refractivity contribution in [1.82, 2.24) is 5.48 Å². The van der Waals surface area contributed by atoms with Crippen LogP contribution in [-0.4, -0.2) is 12.5 Å². The van der Waals surface area contributed by atoms with Gasteiger partial charge in [-0.3, -0.25) is 9.63 Å². The molecule has 0 aromatic carbocycles. The van der Waals surface area contributed by atoms with E-state index in [9.17, 15) is 4.79 Å². The molecular weight excluding hydrogens is 198 g/mol. The van der Waals surface area contributed by atoms with Crippen LogP contribution in [0.3, 0.4) is 0 Å². The summed E-state index contributed by atoms with van der Waals surface area (Å²) in [5.74, 6) is 0.338. The van der Waals surface area contributed by atoms with Crippen LogP contribution in [0.15, 0.2) is 17.5 Å². The van der Waals surface area contributed by atoms with Crippen molar-refractivity contribution in [3.05, 3.63) is 22.4 Å². The fraction of sp³-hybridized carbons (Fsp3) is 0.500. The third kappa shape index (κ3) is 4.39. The van der Waals surface area contributed by atoms with Gasteiger partial charge in [0.15, 0.2) is 0 Å². The van der Waals surface area contributed by atoms with Gasteiger partial charge in [-0.15, -0.1) is 11.3 Å². The molecule has 1 heterocycles. The van der Waals surface area contributed by atoms with E-state index in [1.807, 2.05) is 31.4 Å². The molecule has 0 saturated heterocycles. The molecule has 0 fully saturated rings. The fourth-order valence-electron chi connectivity index (χ4n) is 0.896. The van der Waals surface area contributed by atoms with Gasteiger partial charge in [0.25, 0.3) is 0 Å². The largest absolute Gasteiger partial charge is 0.273 e. The molecule has 0 saturated carbocycles. The van der Waals surface area contributed by atoms with Gasteiger partial charge in [-0.1, -0.05) is 19.9 Å². The van der Waals surface area contributed by atoms with Gasteiger partial charge in [0.05, 0.1) is 13.0 Å². The Morgan fingerprint density at radius 1 is 1.64 bits per heavy atom. The number of hydrogen-bond acceptors (Lipinski definition) is 3. The Kier molecular flexibility index (Phi) is 4.62. The minimum Gasteiger partial charge on any atom is -0.273 e. The van der Waals surface area contributed by atoms with Crippen molar-refractivity contribution in [3.8, 4) is 0 Å². The maximum atomic E-state index is 11.3. The van der Waals surface area contributed by atoms with E-state index in [0.717, 1.165) is 4.88 Å². The quantitative estimate of drug-likeness (QED) is 0.760. The smallest absolute Gasteiger partial charge is 0.248 e. The molecule has 0 atom stereocenters. The number of hydroxylamine groups is 1. The van der Waals surface area contributed by atoms with E-state index in [4.69, 9.17) is 4.84 Å². The Morgan fingerprint density at radius 2 is 2.43 bits per heavy atom. The maximum Gasteiger partial charge on any atom is 0.248 e. The van der Waals surface area contributed by atoms with E-state index in [1.165, 1.54) is 0 Å². The van der Waals surface area contributed by atoms with Crippen molar-refractivity contribution < 1.29 is 9.63 Å². The average molecular weight is 213 g/mol. The number of rotatable bonds is 5. The topological polar surface area (TPSA) is 38.3 Å². The molecule has 0 aliphatic carbocycles. The van der Waals surface area contributed by atoms with Crippen molar-refractivity contribution in [1.29, 1.82) is 0 Å². The van der Waals surface area contributed by atoms with Crippen LogP contribution in [0.4, 0.5) is 0 Å². The van der Waals surface area contributed by atoms with Gasteiger partial charge in [0.1, 0.15) is 0 Å². The highest BCUT2D eigenvalue weighted by atomic mass is 32.1. The first-order valence-corrected chi connectivity index (χ1v) is 5.49. The SMILES string of the molecule is CC(C)CONC(=O)Cc1cccs1. The Balaban J connectivity index is 2.17. The molecule has 1 aromatic heterocycles. The monoisotopic (exact) mass is 213 g/mol.